The Morgan fingerprint density at radius 2 is 1.80 bits per heavy atom. The molecule has 2 rings (SSSR count). The molecule has 0 bridgehead atoms. The predicted molar refractivity (Wildman–Crippen MR) is 74.9 cm³/mol. The molecule has 0 fully saturated rings. The summed E-state index contributed by atoms with van der Waals surface area (Å²) in [5, 5.41) is 0. The highest BCUT2D eigenvalue weighted by Crippen LogP contribution is 2.22. The number of amides is 1. The normalized spacial score (nSPS) is 10.4. The van der Waals surface area contributed by atoms with Gasteiger partial charge < -0.3 is 4.90 Å². The fraction of sp³-hybridized carbons (Fsp3) is 0.188. The Balaban J connectivity index is 2.45. The van der Waals surface area contributed by atoms with Crippen molar-refractivity contribution in [1.82, 2.24) is 0 Å². The van der Waals surface area contributed by atoms with Crippen molar-refractivity contribution in [2.75, 3.05) is 11.4 Å². The van der Waals surface area contributed by atoms with Crippen molar-refractivity contribution < 1.29 is 13.6 Å². The first-order chi connectivity index (χ1) is 9.56. The molecule has 0 heterocycles. The Labute approximate surface area is 116 Å². The van der Waals surface area contributed by atoms with Gasteiger partial charge in [0.15, 0.2) is 0 Å². The fourth-order valence-electron chi connectivity index (χ4n) is 2.05. The molecule has 104 valence electrons. The SMILES string of the molecule is CCN(C(=O)c1cccc(C)c1F)c1ccccc1F. The Bertz CT molecular complexity index is 640. The monoisotopic (exact) mass is 275 g/mol. The second-order valence-corrected chi connectivity index (χ2v) is 4.44. The van der Waals surface area contributed by atoms with Crippen LogP contribution < -0.4 is 4.90 Å². The van der Waals surface area contributed by atoms with E-state index in [1.807, 2.05) is 0 Å². The summed E-state index contributed by atoms with van der Waals surface area (Å²) < 4.78 is 27.8. The molecule has 0 atom stereocenters. The van der Waals surface area contributed by atoms with Crippen LogP contribution in [-0.2, 0) is 0 Å². The molecule has 0 aliphatic rings. The van der Waals surface area contributed by atoms with Crippen LogP contribution in [0, 0.1) is 18.6 Å². The average molecular weight is 275 g/mol. The first kappa shape index (κ1) is 14.2. The second-order valence-electron chi connectivity index (χ2n) is 4.44. The van der Waals surface area contributed by atoms with E-state index in [0.717, 1.165) is 0 Å². The zero-order valence-corrected chi connectivity index (χ0v) is 11.4. The molecule has 0 radical (unpaired) electrons. The Hall–Kier alpha value is -2.23. The van der Waals surface area contributed by atoms with Crippen LogP contribution >= 0.6 is 0 Å². The van der Waals surface area contributed by atoms with E-state index in [0.29, 0.717) is 5.56 Å². The third-order valence-corrected chi connectivity index (χ3v) is 3.13. The molecule has 0 saturated heterocycles. The number of carbonyl (C=O) groups is 1. The van der Waals surface area contributed by atoms with E-state index < -0.39 is 17.5 Å². The van der Waals surface area contributed by atoms with Gasteiger partial charge in [-0.25, -0.2) is 8.78 Å². The highest BCUT2D eigenvalue weighted by atomic mass is 19.1. The van der Waals surface area contributed by atoms with Crippen LogP contribution in [0.2, 0.25) is 0 Å². The number of halogens is 2. The van der Waals surface area contributed by atoms with Crippen molar-refractivity contribution in [2.45, 2.75) is 13.8 Å². The molecule has 0 unspecified atom stereocenters. The molecule has 2 aromatic carbocycles. The minimum Gasteiger partial charge on any atom is -0.306 e. The first-order valence-electron chi connectivity index (χ1n) is 6.37. The van der Waals surface area contributed by atoms with E-state index in [2.05, 4.69) is 0 Å². The predicted octanol–water partition coefficient (Wildman–Crippen LogP) is 3.94. The van der Waals surface area contributed by atoms with Crippen LogP contribution in [0.25, 0.3) is 0 Å². The van der Waals surface area contributed by atoms with Gasteiger partial charge in [-0.3, -0.25) is 4.79 Å². The lowest BCUT2D eigenvalue weighted by atomic mass is 10.1. The van der Waals surface area contributed by atoms with Crippen molar-refractivity contribution in [3.05, 3.63) is 65.2 Å². The molecule has 0 spiro atoms. The minimum atomic E-state index is -0.563. The van der Waals surface area contributed by atoms with Crippen molar-refractivity contribution in [3.8, 4) is 0 Å². The highest BCUT2D eigenvalue weighted by molar-refractivity contribution is 6.06. The molecule has 0 saturated carbocycles. The number of hydrogen-bond acceptors (Lipinski definition) is 1. The van der Waals surface area contributed by atoms with Gasteiger partial charge in [-0.05, 0) is 37.6 Å². The molecule has 4 heteroatoms. The quantitative estimate of drug-likeness (QED) is 0.830. The van der Waals surface area contributed by atoms with Gasteiger partial charge in [0.05, 0.1) is 11.3 Å². The molecule has 20 heavy (non-hydrogen) atoms. The number of aryl methyl sites for hydroxylation is 1. The summed E-state index contributed by atoms with van der Waals surface area (Å²) in [6.07, 6.45) is 0. The van der Waals surface area contributed by atoms with Gasteiger partial charge >= 0.3 is 0 Å². The molecule has 1 amide bonds. The molecule has 0 aliphatic carbocycles. The van der Waals surface area contributed by atoms with Gasteiger partial charge in [-0.15, -0.1) is 0 Å². The number of para-hydroxylation sites is 1. The number of anilines is 1. The smallest absolute Gasteiger partial charge is 0.261 e. The molecular formula is C16H15F2NO. The van der Waals surface area contributed by atoms with Crippen molar-refractivity contribution >= 4 is 11.6 Å². The zero-order valence-electron chi connectivity index (χ0n) is 11.4. The van der Waals surface area contributed by atoms with Crippen LogP contribution in [0.3, 0.4) is 0 Å². The summed E-state index contributed by atoms with van der Waals surface area (Å²) in [6.45, 7) is 3.57. The maximum absolute atomic E-state index is 14.0. The van der Waals surface area contributed by atoms with E-state index in [1.54, 1.807) is 38.1 Å². The van der Waals surface area contributed by atoms with Crippen LogP contribution in [-0.4, -0.2) is 12.5 Å². The van der Waals surface area contributed by atoms with E-state index in [4.69, 9.17) is 0 Å². The van der Waals surface area contributed by atoms with Gasteiger partial charge in [-0.2, -0.15) is 0 Å². The van der Waals surface area contributed by atoms with Crippen molar-refractivity contribution in [1.29, 1.82) is 0 Å². The van der Waals surface area contributed by atoms with E-state index in [-0.39, 0.29) is 17.8 Å². The standard InChI is InChI=1S/C16H15F2NO/c1-3-19(14-10-5-4-9-13(14)17)16(20)12-8-6-7-11(2)15(12)18/h4-10H,3H2,1-2H3. The third-order valence-electron chi connectivity index (χ3n) is 3.13. The van der Waals surface area contributed by atoms with E-state index in [1.165, 1.54) is 23.1 Å². The van der Waals surface area contributed by atoms with Gasteiger partial charge in [0.2, 0.25) is 0 Å². The Morgan fingerprint density at radius 1 is 1.10 bits per heavy atom. The second kappa shape index (κ2) is 5.82. The van der Waals surface area contributed by atoms with Crippen molar-refractivity contribution in [3.63, 3.8) is 0 Å². The van der Waals surface area contributed by atoms with Crippen LogP contribution in [0.15, 0.2) is 42.5 Å². The zero-order chi connectivity index (χ0) is 14.7. The molecule has 0 aliphatic heterocycles. The summed E-state index contributed by atoms with van der Waals surface area (Å²) in [4.78, 5) is 13.7. The Morgan fingerprint density at radius 3 is 2.45 bits per heavy atom. The van der Waals surface area contributed by atoms with Crippen LogP contribution in [0.4, 0.5) is 14.5 Å². The molecule has 0 N–H and O–H groups in total. The Kier molecular flexibility index (Phi) is 4.13. The maximum atomic E-state index is 14.0. The van der Waals surface area contributed by atoms with Gasteiger partial charge in [0.25, 0.3) is 5.91 Å². The lowest BCUT2D eigenvalue weighted by Crippen LogP contribution is -2.32. The lowest BCUT2D eigenvalue weighted by Gasteiger charge is -2.22. The number of rotatable bonds is 3. The van der Waals surface area contributed by atoms with E-state index >= 15 is 0 Å². The summed E-state index contributed by atoms with van der Waals surface area (Å²) >= 11 is 0. The van der Waals surface area contributed by atoms with Gasteiger partial charge in [-0.1, -0.05) is 24.3 Å². The maximum Gasteiger partial charge on any atom is 0.261 e. The minimum absolute atomic E-state index is 0.0462. The molecular weight excluding hydrogens is 260 g/mol. The summed E-state index contributed by atoms with van der Waals surface area (Å²) in [7, 11) is 0. The molecule has 0 aromatic heterocycles. The van der Waals surface area contributed by atoms with E-state index in [9.17, 15) is 13.6 Å². The topological polar surface area (TPSA) is 20.3 Å². The average Bonchev–Trinajstić information content (AvgIpc) is 2.44. The molecule has 2 nitrogen and oxygen atoms in total. The van der Waals surface area contributed by atoms with Gasteiger partial charge in [0.1, 0.15) is 11.6 Å². The summed E-state index contributed by atoms with van der Waals surface area (Å²) in [6, 6.07) is 10.6. The fourth-order valence-corrected chi connectivity index (χ4v) is 2.05. The first-order valence-corrected chi connectivity index (χ1v) is 6.37. The number of hydrogen-bond donors (Lipinski definition) is 0. The van der Waals surface area contributed by atoms with Crippen LogP contribution in [0.5, 0.6) is 0 Å². The number of benzene rings is 2. The van der Waals surface area contributed by atoms with Crippen LogP contribution in [0.1, 0.15) is 22.8 Å². The highest BCUT2D eigenvalue weighted by Gasteiger charge is 2.22. The third kappa shape index (κ3) is 2.54. The molecule has 2 aromatic rings. The number of nitrogens with zero attached hydrogens (tertiary/aromatic N) is 1. The van der Waals surface area contributed by atoms with Crippen molar-refractivity contribution in [2.24, 2.45) is 0 Å². The largest absolute Gasteiger partial charge is 0.306 e. The summed E-state index contributed by atoms with van der Waals surface area (Å²) in [5.41, 5.74) is 0.497. The summed E-state index contributed by atoms with van der Waals surface area (Å²) in [5.74, 6) is -1.61. The number of carbonyl (C=O) groups excluding carboxylic acids is 1. The van der Waals surface area contributed by atoms with Gasteiger partial charge in [0, 0.05) is 6.54 Å². The lowest BCUT2D eigenvalue weighted by molar-refractivity contribution is 0.0983.